The van der Waals surface area contributed by atoms with Gasteiger partial charge in [-0.2, -0.15) is 5.26 Å². The summed E-state index contributed by atoms with van der Waals surface area (Å²) in [5.41, 5.74) is 1.05. The summed E-state index contributed by atoms with van der Waals surface area (Å²) in [4.78, 5) is 23.0. The van der Waals surface area contributed by atoms with Crippen molar-refractivity contribution in [3.05, 3.63) is 41.6 Å². The molecule has 0 saturated heterocycles. The number of rotatable bonds is 7. The van der Waals surface area contributed by atoms with Crippen molar-refractivity contribution in [1.29, 1.82) is 5.26 Å². The average molecular weight is 306 g/mol. The molecule has 21 heavy (non-hydrogen) atoms. The first kappa shape index (κ1) is 16.7. The maximum absolute atomic E-state index is 11.9. The Hall–Kier alpha value is -2.32. The van der Waals surface area contributed by atoms with Crippen LogP contribution in [-0.4, -0.2) is 24.1 Å². The lowest BCUT2D eigenvalue weighted by atomic mass is 10.1. The zero-order chi connectivity index (χ0) is 15.7. The molecule has 0 aliphatic rings. The van der Waals surface area contributed by atoms with Gasteiger partial charge in [-0.25, -0.2) is 0 Å². The van der Waals surface area contributed by atoms with Crippen LogP contribution in [-0.2, 0) is 4.79 Å². The van der Waals surface area contributed by atoms with E-state index in [0.29, 0.717) is 23.7 Å². The van der Waals surface area contributed by atoms with Crippen molar-refractivity contribution in [2.45, 2.75) is 13.3 Å². The van der Waals surface area contributed by atoms with E-state index >= 15 is 0 Å². The SMILES string of the molecule is CC(=O)c1ccc(NC(=O)/C(C#N)=C\NCCCCl)cc1. The molecule has 0 saturated carbocycles. The van der Waals surface area contributed by atoms with E-state index in [4.69, 9.17) is 16.9 Å². The molecule has 0 unspecified atom stereocenters. The molecule has 1 aromatic carbocycles. The van der Waals surface area contributed by atoms with Crippen LogP contribution in [0.1, 0.15) is 23.7 Å². The number of nitrogens with zero attached hydrogens (tertiary/aromatic N) is 1. The fourth-order valence-electron chi connectivity index (χ4n) is 1.48. The molecule has 0 aliphatic heterocycles. The molecule has 0 heterocycles. The highest BCUT2D eigenvalue weighted by Gasteiger charge is 2.09. The lowest BCUT2D eigenvalue weighted by molar-refractivity contribution is -0.112. The number of Topliss-reactive ketones (excluding diaryl/α,β-unsaturated/α-hetero) is 1. The van der Waals surface area contributed by atoms with Crippen molar-refractivity contribution in [1.82, 2.24) is 5.32 Å². The van der Waals surface area contributed by atoms with Crippen molar-refractivity contribution in [3.63, 3.8) is 0 Å². The Balaban J connectivity index is 2.65. The molecule has 1 amide bonds. The predicted molar refractivity (Wildman–Crippen MR) is 82.1 cm³/mol. The molecule has 0 spiro atoms. The normalized spacial score (nSPS) is 10.6. The van der Waals surface area contributed by atoms with Crippen LogP contribution in [0, 0.1) is 11.3 Å². The first-order chi connectivity index (χ1) is 10.1. The van der Waals surface area contributed by atoms with Gasteiger partial charge in [0.15, 0.2) is 5.78 Å². The molecule has 2 N–H and O–H groups in total. The van der Waals surface area contributed by atoms with Crippen LogP contribution in [0.3, 0.4) is 0 Å². The maximum atomic E-state index is 11.9. The lowest BCUT2D eigenvalue weighted by Crippen LogP contribution is -2.17. The molecule has 1 rings (SSSR count). The smallest absolute Gasteiger partial charge is 0.267 e. The summed E-state index contributed by atoms with van der Waals surface area (Å²) < 4.78 is 0. The quantitative estimate of drug-likeness (QED) is 0.266. The molecule has 6 heteroatoms. The largest absolute Gasteiger partial charge is 0.390 e. The zero-order valence-corrected chi connectivity index (χ0v) is 12.4. The van der Waals surface area contributed by atoms with Crippen LogP contribution in [0.15, 0.2) is 36.0 Å². The van der Waals surface area contributed by atoms with Gasteiger partial charge in [0.1, 0.15) is 11.6 Å². The topological polar surface area (TPSA) is 82.0 Å². The summed E-state index contributed by atoms with van der Waals surface area (Å²) in [6.45, 7) is 2.06. The first-order valence-electron chi connectivity index (χ1n) is 6.40. The molecular weight excluding hydrogens is 290 g/mol. The molecular formula is C15H16ClN3O2. The number of hydrogen-bond donors (Lipinski definition) is 2. The molecule has 1 aromatic rings. The number of ketones is 1. The molecule has 5 nitrogen and oxygen atoms in total. The number of nitrogens with one attached hydrogen (secondary N) is 2. The lowest BCUT2D eigenvalue weighted by Gasteiger charge is -2.05. The van der Waals surface area contributed by atoms with Crippen LogP contribution in [0.25, 0.3) is 0 Å². The van der Waals surface area contributed by atoms with E-state index in [9.17, 15) is 9.59 Å². The van der Waals surface area contributed by atoms with Gasteiger partial charge in [-0.3, -0.25) is 9.59 Å². The van der Waals surface area contributed by atoms with Gasteiger partial charge >= 0.3 is 0 Å². The second kappa shape index (κ2) is 8.77. The highest BCUT2D eigenvalue weighted by atomic mass is 35.5. The zero-order valence-electron chi connectivity index (χ0n) is 11.6. The number of anilines is 1. The Morgan fingerprint density at radius 3 is 2.52 bits per heavy atom. The number of alkyl halides is 1. The minimum absolute atomic E-state index is 0.0276. The van der Waals surface area contributed by atoms with Gasteiger partial charge in [0.2, 0.25) is 0 Å². The van der Waals surface area contributed by atoms with Crippen LogP contribution in [0.5, 0.6) is 0 Å². The van der Waals surface area contributed by atoms with Crippen LogP contribution in [0.2, 0.25) is 0 Å². The third kappa shape index (κ3) is 5.67. The van der Waals surface area contributed by atoms with Crippen LogP contribution < -0.4 is 10.6 Å². The summed E-state index contributed by atoms with van der Waals surface area (Å²) in [5, 5.41) is 14.4. The van der Waals surface area contributed by atoms with Crippen molar-refractivity contribution in [2.24, 2.45) is 0 Å². The number of hydrogen-bond acceptors (Lipinski definition) is 4. The minimum atomic E-state index is -0.508. The van der Waals surface area contributed by atoms with Gasteiger partial charge in [-0.05, 0) is 37.6 Å². The van der Waals surface area contributed by atoms with Crippen molar-refractivity contribution < 1.29 is 9.59 Å². The van der Waals surface area contributed by atoms with Crippen molar-refractivity contribution in [3.8, 4) is 6.07 Å². The molecule has 110 valence electrons. The fraction of sp³-hybridized carbons (Fsp3) is 0.267. The van der Waals surface area contributed by atoms with Gasteiger partial charge in [-0.15, -0.1) is 11.6 Å². The Morgan fingerprint density at radius 2 is 2.00 bits per heavy atom. The highest BCUT2D eigenvalue weighted by Crippen LogP contribution is 2.11. The monoisotopic (exact) mass is 305 g/mol. The van der Waals surface area contributed by atoms with Crippen molar-refractivity contribution in [2.75, 3.05) is 17.7 Å². The summed E-state index contributed by atoms with van der Waals surface area (Å²) in [6, 6.07) is 8.29. The standard InChI is InChI=1S/C15H16ClN3O2/c1-11(20)12-3-5-14(6-4-12)19-15(21)13(9-17)10-18-8-2-7-16/h3-6,10,18H,2,7-8H2,1H3,(H,19,21)/b13-10-. The Kier molecular flexibility index (Phi) is 6.99. The number of benzene rings is 1. The van der Waals surface area contributed by atoms with E-state index in [1.165, 1.54) is 13.1 Å². The van der Waals surface area contributed by atoms with Gasteiger partial charge in [-0.1, -0.05) is 0 Å². The first-order valence-corrected chi connectivity index (χ1v) is 6.94. The highest BCUT2D eigenvalue weighted by molar-refractivity contribution is 6.17. The van der Waals surface area contributed by atoms with E-state index < -0.39 is 5.91 Å². The molecule has 0 bridgehead atoms. The van der Waals surface area contributed by atoms with E-state index in [-0.39, 0.29) is 11.4 Å². The average Bonchev–Trinajstić information content (AvgIpc) is 2.47. The Morgan fingerprint density at radius 1 is 1.33 bits per heavy atom. The molecule has 0 atom stereocenters. The fourth-order valence-corrected chi connectivity index (χ4v) is 1.61. The van der Waals surface area contributed by atoms with E-state index in [1.54, 1.807) is 24.3 Å². The number of halogens is 1. The van der Waals surface area contributed by atoms with Crippen LogP contribution in [0.4, 0.5) is 5.69 Å². The third-order valence-corrected chi connectivity index (χ3v) is 2.88. The second-order valence-corrected chi connectivity index (χ2v) is 4.63. The number of nitriles is 1. The Bertz CT molecular complexity index is 574. The third-order valence-electron chi connectivity index (χ3n) is 2.62. The van der Waals surface area contributed by atoms with Crippen LogP contribution >= 0.6 is 11.6 Å². The molecule has 0 fully saturated rings. The van der Waals surface area contributed by atoms with Crippen molar-refractivity contribution >= 4 is 29.0 Å². The van der Waals surface area contributed by atoms with E-state index in [1.807, 2.05) is 6.07 Å². The van der Waals surface area contributed by atoms with E-state index in [2.05, 4.69) is 10.6 Å². The van der Waals surface area contributed by atoms with Gasteiger partial charge in [0, 0.05) is 29.9 Å². The van der Waals surface area contributed by atoms with E-state index in [0.717, 1.165) is 6.42 Å². The number of amides is 1. The summed E-state index contributed by atoms with van der Waals surface area (Å²) >= 11 is 5.53. The van der Waals surface area contributed by atoms with Gasteiger partial charge in [0.25, 0.3) is 5.91 Å². The molecule has 0 aromatic heterocycles. The summed E-state index contributed by atoms with van der Waals surface area (Å²) in [6.07, 6.45) is 2.11. The predicted octanol–water partition coefficient (Wildman–Crippen LogP) is 2.45. The van der Waals surface area contributed by atoms with Gasteiger partial charge < -0.3 is 10.6 Å². The Labute approximate surface area is 128 Å². The maximum Gasteiger partial charge on any atom is 0.267 e. The molecule has 0 radical (unpaired) electrons. The number of carbonyl (C=O) groups is 2. The summed E-state index contributed by atoms with van der Waals surface area (Å²) in [7, 11) is 0. The summed E-state index contributed by atoms with van der Waals surface area (Å²) in [5.74, 6) is -0.0438. The molecule has 0 aliphatic carbocycles. The number of carbonyl (C=O) groups excluding carboxylic acids is 2. The van der Waals surface area contributed by atoms with Gasteiger partial charge in [0.05, 0.1) is 0 Å². The second-order valence-electron chi connectivity index (χ2n) is 4.25. The minimum Gasteiger partial charge on any atom is -0.390 e.